The van der Waals surface area contributed by atoms with Crippen LogP contribution in [0.1, 0.15) is 35.0 Å². The maximum atomic E-state index is 11.4. The lowest BCUT2D eigenvalue weighted by Gasteiger charge is -2.27. The normalized spacial score (nSPS) is 14.8. The summed E-state index contributed by atoms with van der Waals surface area (Å²) >= 11 is 1.60. The molecule has 0 spiro atoms. The molecule has 10 heteroatoms. The number of nitro groups is 1. The van der Waals surface area contributed by atoms with Gasteiger partial charge in [-0.3, -0.25) is 0 Å². The summed E-state index contributed by atoms with van der Waals surface area (Å²) in [4.78, 5) is 26.6. The second-order valence-electron chi connectivity index (χ2n) is 7.39. The number of piperidine rings is 1. The highest BCUT2D eigenvalue weighted by molar-refractivity contribution is 7.15. The highest BCUT2D eigenvalue weighted by Gasteiger charge is 2.23. The molecule has 3 aromatic rings. The Hall–Kier alpha value is -3.42. The van der Waals surface area contributed by atoms with E-state index in [0.29, 0.717) is 11.5 Å². The molecule has 1 aliphatic rings. The number of rotatable bonds is 6. The number of aromatic nitrogens is 3. The first kappa shape index (κ1) is 20.8. The van der Waals surface area contributed by atoms with Crippen LogP contribution < -0.4 is 4.74 Å². The van der Waals surface area contributed by atoms with Crippen molar-refractivity contribution >= 4 is 17.2 Å². The van der Waals surface area contributed by atoms with Gasteiger partial charge < -0.3 is 19.8 Å². The maximum absolute atomic E-state index is 11.4. The molecule has 4 heterocycles. The van der Waals surface area contributed by atoms with E-state index in [4.69, 9.17) is 10.00 Å². The van der Waals surface area contributed by atoms with Crippen LogP contribution in [0.3, 0.4) is 0 Å². The lowest BCUT2D eigenvalue weighted by Crippen LogP contribution is -2.29. The van der Waals surface area contributed by atoms with Crippen molar-refractivity contribution in [1.82, 2.24) is 19.9 Å². The van der Waals surface area contributed by atoms with E-state index in [1.165, 1.54) is 12.4 Å². The number of thiazole rings is 1. The molecule has 0 aliphatic carbocycles. The van der Waals surface area contributed by atoms with Gasteiger partial charge in [-0.2, -0.15) is 5.26 Å². The Kier molecular flexibility index (Phi) is 6.16. The maximum Gasteiger partial charge on any atom is 0.406 e. The predicted octanol–water partition coefficient (Wildman–Crippen LogP) is 3.77. The number of pyridine rings is 2. The summed E-state index contributed by atoms with van der Waals surface area (Å²) in [5.41, 5.74) is 1.67. The highest BCUT2D eigenvalue weighted by atomic mass is 32.1. The molecular weight excluding hydrogens is 416 g/mol. The predicted molar refractivity (Wildman–Crippen MR) is 115 cm³/mol. The number of nitrogens with zero attached hydrogens (tertiary/aromatic N) is 6. The molecule has 1 saturated heterocycles. The summed E-state index contributed by atoms with van der Waals surface area (Å²) in [6.07, 6.45) is 6.94. The van der Waals surface area contributed by atoms with Gasteiger partial charge in [0.05, 0.1) is 9.88 Å². The number of hydrogen-bond acceptors (Lipinski definition) is 9. The third-order valence-electron chi connectivity index (χ3n) is 5.21. The molecule has 0 N–H and O–H groups in total. The van der Waals surface area contributed by atoms with Crippen molar-refractivity contribution in [3.05, 3.63) is 63.2 Å². The molecule has 0 atom stereocenters. The van der Waals surface area contributed by atoms with Crippen LogP contribution in [0.15, 0.2) is 36.8 Å². The Morgan fingerprint density at radius 2 is 2.10 bits per heavy atom. The standard InChI is InChI=1S/C21H20N6O3S/c1-26-6-3-15(4-7-26)21-25-12-19(31-21)16-9-18(20(24-11-16)27(28)29)30-13-14-2-5-23-17(8-14)10-22/h2,5,8-9,11-12,15H,3-4,6-7,13H2,1H3. The molecule has 3 aromatic heterocycles. The molecule has 1 fully saturated rings. The van der Waals surface area contributed by atoms with Crippen molar-refractivity contribution in [3.63, 3.8) is 0 Å². The third-order valence-corrected chi connectivity index (χ3v) is 6.42. The monoisotopic (exact) mass is 436 g/mol. The Bertz CT molecular complexity index is 1130. The SMILES string of the molecule is CN1CCC(c2ncc(-c3cnc([N+](=O)[O-])c(OCc4ccnc(C#N)c4)c3)s2)CC1. The van der Waals surface area contributed by atoms with Crippen molar-refractivity contribution in [2.24, 2.45) is 0 Å². The quantitative estimate of drug-likeness (QED) is 0.423. The zero-order chi connectivity index (χ0) is 21.8. The van der Waals surface area contributed by atoms with Crippen LogP contribution in [0, 0.1) is 21.4 Å². The zero-order valence-electron chi connectivity index (χ0n) is 16.9. The van der Waals surface area contributed by atoms with Gasteiger partial charge in [0, 0.05) is 29.9 Å². The van der Waals surface area contributed by atoms with E-state index in [1.54, 1.807) is 35.7 Å². The van der Waals surface area contributed by atoms with Crippen LogP contribution in [0.25, 0.3) is 10.4 Å². The zero-order valence-corrected chi connectivity index (χ0v) is 17.7. The average molecular weight is 436 g/mol. The van der Waals surface area contributed by atoms with E-state index in [9.17, 15) is 10.1 Å². The molecule has 1 aliphatic heterocycles. The van der Waals surface area contributed by atoms with Crippen molar-refractivity contribution in [2.45, 2.75) is 25.4 Å². The van der Waals surface area contributed by atoms with Gasteiger partial charge in [-0.15, -0.1) is 11.3 Å². The fourth-order valence-corrected chi connectivity index (χ4v) is 4.54. The van der Waals surface area contributed by atoms with Crippen molar-refractivity contribution < 1.29 is 9.66 Å². The van der Waals surface area contributed by atoms with Gasteiger partial charge in [-0.1, -0.05) is 0 Å². The summed E-state index contributed by atoms with van der Waals surface area (Å²) in [6, 6.07) is 6.87. The van der Waals surface area contributed by atoms with Crippen LogP contribution in [0.5, 0.6) is 5.75 Å². The van der Waals surface area contributed by atoms with E-state index in [1.807, 2.05) is 6.07 Å². The van der Waals surface area contributed by atoms with Gasteiger partial charge in [0.1, 0.15) is 24.6 Å². The van der Waals surface area contributed by atoms with Gasteiger partial charge >= 0.3 is 5.82 Å². The minimum absolute atomic E-state index is 0.0622. The van der Waals surface area contributed by atoms with Gasteiger partial charge in [-0.25, -0.2) is 9.97 Å². The molecule has 0 bridgehead atoms. The molecule has 31 heavy (non-hydrogen) atoms. The fourth-order valence-electron chi connectivity index (χ4n) is 3.47. The Morgan fingerprint density at radius 1 is 1.29 bits per heavy atom. The second-order valence-corrected chi connectivity index (χ2v) is 8.46. The topological polar surface area (TPSA) is 118 Å². The number of likely N-dealkylation sites (tertiary alicyclic amines) is 1. The van der Waals surface area contributed by atoms with Crippen molar-refractivity contribution in [2.75, 3.05) is 20.1 Å². The van der Waals surface area contributed by atoms with Crippen LogP contribution in [-0.4, -0.2) is 44.9 Å². The molecule has 0 amide bonds. The smallest absolute Gasteiger partial charge is 0.406 e. The molecule has 0 aromatic carbocycles. The van der Waals surface area contributed by atoms with Crippen LogP contribution in [0.2, 0.25) is 0 Å². The van der Waals surface area contributed by atoms with Crippen molar-refractivity contribution in [3.8, 4) is 22.3 Å². The molecule has 0 unspecified atom stereocenters. The molecule has 0 radical (unpaired) electrons. The minimum atomic E-state index is -0.566. The Balaban J connectivity index is 1.56. The van der Waals surface area contributed by atoms with Crippen LogP contribution in [-0.2, 0) is 6.61 Å². The van der Waals surface area contributed by atoms with Gasteiger partial charge in [0.25, 0.3) is 0 Å². The van der Waals surface area contributed by atoms with Crippen molar-refractivity contribution in [1.29, 1.82) is 5.26 Å². The summed E-state index contributed by atoms with van der Waals surface area (Å²) in [6.45, 7) is 2.17. The van der Waals surface area contributed by atoms with E-state index in [-0.39, 0.29) is 23.9 Å². The molecule has 158 valence electrons. The number of nitriles is 1. The summed E-state index contributed by atoms with van der Waals surface area (Å²) in [7, 11) is 2.13. The Morgan fingerprint density at radius 3 is 2.84 bits per heavy atom. The largest absolute Gasteiger partial charge is 0.481 e. The fraction of sp³-hybridized carbons (Fsp3) is 0.333. The number of hydrogen-bond donors (Lipinski definition) is 0. The number of ether oxygens (including phenoxy) is 1. The first-order valence-electron chi connectivity index (χ1n) is 9.80. The van der Waals surface area contributed by atoms with Crippen LogP contribution >= 0.6 is 11.3 Å². The molecular formula is C21H20N6O3S. The highest BCUT2D eigenvalue weighted by Crippen LogP contribution is 2.37. The van der Waals surface area contributed by atoms with Crippen LogP contribution in [0.4, 0.5) is 5.82 Å². The Labute approximate surface area is 183 Å². The summed E-state index contributed by atoms with van der Waals surface area (Å²) in [5, 5.41) is 21.5. The van der Waals surface area contributed by atoms with E-state index >= 15 is 0 Å². The van der Waals surface area contributed by atoms with E-state index in [0.717, 1.165) is 41.4 Å². The lowest BCUT2D eigenvalue weighted by atomic mass is 9.98. The van der Waals surface area contributed by atoms with Gasteiger partial charge in [-0.05, 0) is 60.6 Å². The minimum Gasteiger partial charge on any atom is -0.481 e. The first-order chi connectivity index (χ1) is 15.0. The summed E-state index contributed by atoms with van der Waals surface area (Å²) in [5.74, 6) is 0.170. The molecule has 4 rings (SSSR count). The van der Waals surface area contributed by atoms with Gasteiger partial charge in [0.15, 0.2) is 0 Å². The summed E-state index contributed by atoms with van der Waals surface area (Å²) < 4.78 is 5.72. The third kappa shape index (κ3) is 4.84. The lowest BCUT2D eigenvalue weighted by molar-refractivity contribution is -0.390. The molecule has 0 saturated carbocycles. The second kappa shape index (κ2) is 9.16. The van der Waals surface area contributed by atoms with E-state index in [2.05, 4.69) is 26.9 Å². The molecule has 9 nitrogen and oxygen atoms in total. The van der Waals surface area contributed by atoms with Gasteiger partial charge in [0.2, 0.25) is 5.75 Å². The van der Waals surface area contributed by atoms with E-state index < -0.39 is 4.92 Å². The average Bonchev–Trinajstić information content (AvgIpc) is 3.28. The first-order valence-corrected chi connectivity index (χ1v) is 10.6.